The highest BCUT2D eigenvalue weighted by atomic mass is 28.3. The minimum Gasteiger partial charge on any atom is -0.495 e. The number of aliphatic hydroxyl groups is 1. The minimum absolute atomic E-state index is 0.0411. The van der Waals surface area contributed by atoms with Crippen LogP contribution in [0.15, 0.2) is 54.6 Å². The van der Waals surface area contributed by atoms with Crippen molar-refractivity contribution in [3.8, 4) is 40.1 Å². The second-order valence-corrected chi connectivity index (χ2v) is 32.3. The van der Waals surface area contributed by atoms with E-state index in [4.69, 9.17) is 28.9 Å². The Hall–Kier alpha value is -6.43. The number of hydrogen-bond donors (Lipinski definition) is 2. The van der Waals surface area contributed by atoms with Crippen molar-refractivity contribution in [2.75, 3.05) is 109 Å². The average Bonchev–Trinajstić information content (AvgIpc) is 1.14. The molecule has 5 heterocycles. The molecule has 5 aliphatic rings. The van der Waals surface area contributed by atoms with Crippen LogP contribution in [0.5, 0.6) is 17.5 Å². The van der Waals surface area contributed by atoms with Crippen LogP contribution in [0.4, 0.5) is 25.1 Å². The maximum Gasteiger partial charge on any atom is 0.328 e. The fraction of sp³-hybridized carbons (Fsp3) is 0.574. The molecule has 0 radical (unpaired) electrons. The number of carbonyl (C=O) groups excluding carboxylic acids is 3. The molecule has 2 N–H and O–H groups in total. The van der Waals surface area contributed by atoms with Gasteiger partial charge in [0, 0.05) is 113 Å². The van der Waals surface area contributed by atoms with Crippen LogP contribution in [0, 0.1) is 40.3 Å². The number of urea groups is 1. The van der Waals surface area contributed by atoms with E-state index in [0.29, 0.717) is 112 Å². The molecular formula is C68H90F2N8O8Si. The van der Waals surface area contributed by atoms with Crippen LogP contribution in [0.2, 0.25) is 16.6 Å². The van der Waals surface area contributed by atoms with Gasteiger partial charge in [0.25, 0.3) is 5.91 Å². The lowest BCUT2D eigenvalue weighted by atomic mass is 9.65. The molecule has 4 aromatic carbocycles. The maximum absolute atomic E-state index is 18.0. The predicted octanol–water partition coefficient (Wildman–Crippen LogP) is 11.8. The summed E-state index contributed by atoms with van der Waals surface area (Å²) in [7, 11) is 0.745. The topological polar surface area (TPSA) is 162 Å². The van der Waals surface area contributed by atoms with Crippen LogP contribution in [-0.2, 0) is 9.53 Å². The number of nitrogens with zero attached hydrogens (tertiary/aromatic N) is 7. The molecule has 4 amide bonds. The van der Waals surface area contributed by atoms with Crippen LogP contribution >= 0.6 is 0 Å². The number of nitrogens with one attached hydrogen (secondary N) is 1. The second-order valence-electron chi connectivity index (χ2n) is 26.8. The molecule has 1 spiro atoms. The standard InChI is InChI=1S/C68H90F2N8O8Si/c1-44(2)87(45(3)4,46(5)6)35-21-53-56(69)16-12-49-36-51(86-43-83-9)38-55(60(49)53)52-14-15-54-62(61(52)70)72-65(73-63(54)77-27-11-22-67(8,82)42-77)85-41-47(7)39-74-31-33-75(34-32-74)40-48-18-23-68(24-19-48)25-29-76(30-26-68)64(80)50-13-17-58(84-10)57(37-50)78-28-20-59(79)71-66(78)81/h12-17,36-38,44-48,82H,11,18-20,22-34,39-43H2,1-10H3,(H,71,79,81)/t47-,67-/m1/s1. The molecule has 16 nitrogen and oxygen atoms in total. The third kappa shape index (κ3) is 13.8. The molecule has 5 fully saturated rings. The Labute approximate surface area is 513 Å². The monoisotopic (exact) mass is 1210 g/mol. The summed E-state index contributed by atoms with van der Waals surface area (Å²) >= 11 is 0. The largest absolute Gasteiger partial charge is 0.495 e. The Kier molecular flexibility index (Phi) is 19.5. The molecule has 1 aromatic heterocycles. The highest BCUT2D eigenvalue weighted by Crippen LogP contribution is 2.48. The summed E-state index contributed by atoms with van der Waals surface area (Å²) in [5.74, 6) is 4.05. The smallest absolute Gasteiger partial charge is 0.328 e. The van der Waals surface area contributed by atoms with Gasteiger partial charge in [-0.15, -0.1) is 5.54 Å². The van der Waals surface area contributed by atoms with Gasteiger partial charge in [-0.1, -0.05) is 66.5 Å². The molecule has 0 unspecified atom stereocenters. The Bertz CT molecular complexity index is 3380. The summed E-state index contributed by atoms with van der Waals surface area (Å²) < 4.78 is 57.7. The first kappa shape index (κ1) is 63.6. The molecular weight excluding hydrogens is 1120 g/mol. The van der Waals surface area contributed by atoms with E-state index in [9.17, 15) is 19.5 Å². The molecule has 19 heteroatoms. The molecule has 1 aliphatic carbocycles. The van der Waals surface area contributed by atoms with Crippen molar-refractivity contribution in [3.63, 3.8) is 0 Å². The number of methoxy groups -OCH3 is 2. The van der Waals surface area contributed by atoms with Gasteiger partial charge in [-0.2, -0.15) is 9.97 Å². The molecule has 10 rings (SSSR count). The second kappa shape index (κ2) is 26.7. The van der Waals surface area contributed by atoms with Crippen LogP contribution in [0.1, 0.15) is 129 Å². The molecule has 4 aliphatic heterocycles. The van der Waals surface area contributed by atoms with Crippen molar-refractivity contribution in [2.45, 2.75) is 135 Å². The fourth-order valence-electron chi connectivity index (χ4n) is 15.0. The van der Waals surface area contributed by atoms with Crippen LogP contribution in [0.3, 0.4) is 0 Å². The number of likely N-dealkylation sites (tertiary alicyclic amines) is 1. The molecule has 87 heavy (non-hydrogen) atoms. The summed E-state index contributed by atoms with van der Waals surface area (Å²) in [4.78, 5) is 58.7. The summed E-state index contributed by atoms with van der Waals surface area (Å²) in [5.41, 5.74) is 5.82. The Balaban J connectivity index is 0.790. The molecule has 0 bridgehead atoms. The summed E-state index contributed by atoms with van der Waals surface area (Å²) in [6, 6.07) is 14.9. The molecule has 5 aromatic rings. The van der Waals surface area contributed by atoms with Gasteiger partial charge in [0.15, 0.2) is 12.6 Å². The number of anilines is 2. The number of ether oxygens (including phenoxy) is 4. The van der Waals surface area contributed by atoms with Gasteiger partial charge in [0.1, 0.15) is 36.7 Å². The minimum atomic E-state index is -2.32. The highest BCUT2D eigenvalue weighted by molar-refractivity contribution is 6.90. The van der Waals surface area contributed by atoms with Crippen LogP contribution in [0.25, 0.3) is 32.8 Å². The van der Waals surface area contributed by atoms with Gasteiger partial charge in [-0.05, 0) is 140 Å². The molecule has 2 atom stereocenters. The Morgan fingerprint density at radius 2 is 1.53 bits per heavy atom. The zero-order valence-electron chi connectivity index (χ0n) is 52.8. The van der Waals surface area contributed by atoms with E-state index in [2.05, 4.69) is 75.0 Å². The van der Waals surface area contributed by atoms with Crippen molar-refractivity contribution >= 4 is 59.1 Å². The number of amides is 4. The van der Waals surface area contributed by atoms with Crippen molar-refractivity contribution in [3.05, 3.63) is 77.4 Å². The van der Waals surface area contributed by atoms with Gasteiger partial charge in [0.05, 0.1) is 30.6 Å². The van der Waals surface area contributed by atoms with E-state index in [1.54, 1.807) is 36.4 Å². The Morgan fingerprint density at radius 3 is 2.20 bits per heavy atom. The van der Waals surface area contributed by atoms with Gasteiger partial charge >= 0.3 is 12.0 Å². The number of carbonyl (C=O) groups is 3. The third-order valence-corrected chi connectivity index (χ3v) is 26.1. The molecule has 4 saturated heterocycles. The number of halogens is 2. The zero-order chi connectivity index (χ0) is 62.0. The van der Waals surface area contributed by atoms with Crippen molar-refractivity contribution in [2.24, 2.45) is 17.3 Å². The summed E-state index contributed by atoms with van der Waals surface area (Å²) in [6.45, 7) is 25.9. The van der Waals surface area contributed by atoms with Crippen molar-refractivity contribution in [1.82, 2.24) is 30.0 Å². The number of benzene rings is 4. The number of imide groups is 1. The number of piperidine rings is 2. The average molecular weight is 1210 g/mol. The number of hydrogen-bond acceptors (Lipinski definition) is 13. The van der Waals surface area contributed by atoms with E-state index in [1.807, 2.05) is 28.9 Å². The fourth-order valence-corrected chi connectivity index (χ4v) is 20.2. The van der Waals surface area contributed by atoms with Gasteiger partial charge < -0.3 is 43.7 Å². The number of rotatable bonds is 18. The SMILES string of the molecule is COCOc1cc(-c2ccc3c(N4CCC[C@@](C)(O)C4)nc(OC[C@H](C)CN4CCN(CC5CCC6(CC5)CCN(C(=O)c5ccc(OC)c(N7CCC(=O)NC7=O)c5)CC6)CC4)nc3c2F)c2c(C#C[Si](C(C)C)(C(C)C)C(C)C)c(F)ccc2c1. The summed E-state index contributed by atoms with van der Waals surface area (Å²) in [5, 5.41) is 15.3. The van der Waals surface area contributed by atoms with E-state index in [-0.39, 0.29) is 65.6 Å². The first-order valence-electron chi connectivity index (χ1n) is 31.7. The maximum atomic E-state index is 18.0. The van der Waals surface area contributed by atoms with Gasteiger partial charge in [-0.3, -0.25) is 19.8 Å². The first-order valence-corrected chi connectivity index (χ1v) is 33.9. The highest BCUT2D eigenvalue weighted by Gasteiger charge is 2.43. The quantitative estimate of drug-likeness (QED) is 0.0485. The molecule has 1 saturated carbocycles. The number of piperazine rings is 1. The number of β-amino-alcohol motifs (C(OH)–C–C–N with tert-alkyl or cyclic N) is 1. The predicted molar refractivity (Wildman–Crippen MR) is 340 cm³/mol. The number of fused-ring (bicyclic) bond motifs is 2. The Morgan fingerprint density at radius 1 is 0.816 bits per heavy atom. The van der Waals surface area contributed by atoms with Gasteiger partial charge in [0.2, 0.25) is 5.91 Å². The summed E-state index contributed by atoms with van der Waals surface area (Å²) in [6.07, 6.45) is 8.22. The van der Waals surface area contributed by atoms with Crippen LogP contribution < -0.4 is 29.3 Å². The number of aromatic nitrogens is 2. The van der Waals surface area contributed by atoms with Crippen LogP contribution in [-0.4, -0.2) is 161 Å². The van der Waals surface area contributed by atoms with E-state index in [1.165, 1.54) is 50.9 Å². The zero-order valence-corrected chi connectivity index (χ0v) is 53.8. The molecule has 468 valence electrons. The lowest BCUT2D eigenvalue weighted by Gasteiger charge is -2.47. The van der Waals surface area contributed by atoms with E-state index < -0.39 is 31.3 Å². The van der Waals surface area contributed by atoms with Gasteiger partial charge in [-0.25, -0.2) is 13.6 Å². The lowest BCUT2D eigenvalue weighted by Crippen LogP contribution is -2.50. The first-order chi connectivity index (χ1) is 41.6. The van der Waals surface area contributed by atoms with Crippen molar-refractivity contribution < 1.29 is 47.2 Å². The third-order valence-electron chi connectivity index (χ3n) is 19.8. The lowest BCUT2D eigenvalue weighted by molar-refractivity contribution is -0.120. The van der Waals surface area contributed by atoms with E-state index in [0.717, 1.165) is 58.5 Å². The van der Waals surface area contributed by atoms with E-state index >= 15 is 8.78 Å². The van der Waals surface area contributed by atoms with Crippen molar-refractivity contribution in [1.29, 1.82) is 0 Å². The normalized spacial score (nSPS) is 20.4.